The van der Waals surface area contributed by atoms with E-state index in [1.165, 1.54) is 18.3 Å². The SMILES string of the molecule is C=CN=C(OC)N(C)N. The molecule has 0 aliphatic heterocycles. The molecule has 0 atom stereocenters. The lowest BCUT2D eigenvalue weighted by molar-refractivity contribution is 0.313. The Morgan fingerprint density at radius 1 is 1.89 bits per heavy atom. The minimum atomic E-state index is 0.338. The van der Waals surface area contributed by atoms with Gasteiger partial charge in [0.05, 0.1) is 7.11 Å². The summed E-state index contributed by atoms with van der Waals surface area (Å²) in [4.78, 5) is 3.70. The molecule has 0 fully saturated rings. The molecule has 0 bridgehead atoms. The van der Waals surface area contributed by atoms with Gasteiger partial charge in [0, 0.05) is 13.2 Å². The molecule has 4 heteroatoms. The highest BCUT2D eigenvalue weighted by molar-refractivity contribution is 5.73. The summed E-state index contributed by atoms with van der Waals surface area (Å²) in [5, 5.41) is 1.27. The van der Waals surface area contributed by atoms with E-state index >= 15 is 0 Å². The Morgan fingerprint density at radius 2 is 2.44 bits per heavy atom. The molecular weight excluding hydrogens is 118 g/mol. The number of rotatable bonds is 1. The molecule has 9 heavy (non-hydrogen) atoms. The van der Waals surface area contributed by atoms with E-state index in [4.69, 9.17) is 10.6 Å². The average molecular weight is 129 g/mol. The van der Waals surface area contributed by atoms with E-state index in [0.29, 0.717) is 6.02 Å². The number of hydrazine groups is 1. The summed E-state index contributed by atoms with van der Waals surface area (Å²) in [6.45, 7) is 3.38. The van der Waals surface area contributed by atoms with Gasteiger partial charge in [-0.25, -0.2) is 10.8 Å². The first-order valence-corrected chi connectivity index (χ1v) is 2.43. The Hall–Kier alpha value is -1.03. The fourth-order valence-electron chi connectivity index (χ4n) is 0.366. The molecule has 0 unspecified atom stereocenters. The summed E-state index contributed by atoms with van der Waals surface area (Å²) in [7, 11) is 3.12. The van der Waals surface area contributed by atoms with Gasteiger partial charge in [0.1, 0.15) is 0 Å². The number of nitrogens with zero attached hydrogens (tertiary/aromatic N) is 2. The molecule has 0 amide bonds. The molecule has 0 aliphatic rings. The molecule has 52 valence electrons. The average Bonchev–Trinajstić information content (AvgIpc) is 1.82. The van der Waals surface area contributed by atoms with Crippen LogP contribution in [0.5, 0.6) is 0 Å². The van der Waals surface area contributed by atoms with Gasteiger partial charge in [0.2, 0.25) is 0 Å². The maximum Gasteiger partial charge on any atom is 0.306 e. The monoisotopic (exact) mass is 129 g/mol. The standard InChI is InChI=1S/C5H11N3O/c1-4-7-5(9-3)8(2)6/h4H,1,6H2,2-3H3. The first-order valence-electron chi connectivity index (χ1n) is 2.43. The normalized spacial score (nSPS) is 10.8. The summed E-state index contributed by atoms with van der Waals surface area (Å²) < 4.78 is 4.73. The number of ether oxygens (including phenoxy) is 1. The highest BCUT2D eigenvalue weighted by atomic mass is 16.5. The van der Waals surface area contributed by atoms with Crippen molar-refractivity contribution < 1.29 is 4.74 Å². The Morgan fingerprint density at radius 3 is 2.56 bits per heavy atom. The van der Waals surface area contributed by atoms with Crippen LogP contribution in [0.3, 0.4) is 0 Å². The second-order valence-corrected chi connectivity index (χ2v) is 1.41. The summed E-state index contributed by atoms with van der Waals surface area (Å²) in [5.74, 6) is 5.26. The van der Waals surface area contributed by atoms with Crippen LogP contribution in [0.2, 0.25) is 0 Å². The van der Waals surface area contributed by atoms with Crippen molar-refractivity contribution in [1.29, 1.82) is 0 Å². The van der Waals surface area contributed by atoms with E-state index in [1.54, 1.807) is 7.05 Å². The number of nitrogens with two attached hydrogens (primary N) is 1. The zero-order chi connectivity index (χ0) is 7.28. The fourth-order valence-corrected chi connectivity index (χ4v) is 0.366. The summed E-state index contributed by atoms with van der Waals surface area (Å²) >= 11 is 0. The van der Waals surface area contributed by atoms with Crippen molar-refractivity contribution in [3.63, 3.8) is 0 Å². The summed E-state index contributed by atoms with van der Waals surface area (Å²) in [6.07, 6.45) is 1.36. The molecule has 0 heterocycles. The zero-order valence-electron chi connectivity index (χ0n) is 5.66. The molecule has 0 saturated heterocycles. The van der Waals surface area contributed by atoms with Crippen LogP contribution in [0.15, 0.2) is 17.8 Å². The Labute approximate surface area is 54.6 Å². The van der Waals surface area contributed by atoms with Gasteiger partial charge >= 0.3 is 6.02 Å². The molecule has 0 aromatic heterocycles. The molecule has 0 spiro atoms. The van der Waals surface area contributed by atoms with Gasteiger partial charge in [-0.3, -0.25) is 5.01 Å². The van der Waals surface area contributed by atoms with Crippen molar-refractivity contribution in [3.05, 3.63) is 12.8 Å². The lowest BCUT2D eigenvalue weighted by Gasteiger charge is -2.11. The van der Waals surface area contributed by atoms with E-state index in [2.05, 4.69) is 11.6 Å². The second-order valence-electron chi connectivity index (χ2n) is 1.41. The van der Waals surface area contributed by atoms with E-state index in [9.17, 15) is 0 Å². The molecule has 0 aromatic carbocycles. The first kappa shape index (κ1) is 7.97. The number of amidine groups is 1. The van der Waals surface area contributed by atoms with E-state index < -0.39 is 0 Å². The van der Waals surface area contributed by atoms with Gasteiger partial charge < -0.3 is 4.74 Å². The molecule has 2 N–H and O–H groups in total. The molecule has 0 saturated carbocycles. The molecule has 0 radical (unpaired) electrons. The van der Waals surface area contributed by atoms with Crippen LogP contribution in [-0.2, 0) is 4.74 Å². The lowest BCUT2D eigenvalue weighted by atomic mass is 10.9. The number of methoxy groups -OCH3 is 1. The van der Waals surface area contributed by atoms with Crippen molar-refractivity contribution in [2.75, 3.05) is 14.2 Å². The van der Waals surface area contributed by atoms with E-state index in [0.717, 1.165) is 0 Å². The van der Waals surface area contributed by atoms with Gasteiger partial charge in [-0.15, -0.1) is 0 Å². The topological polar surface area (TPSA) is 50.8 Å². The minimum Gasteiger partial charge on any atom is -0.467 e. The smallest absolute Gasteiger partial charge is 0.306 e. The third-order valence-electron chi connectivity index (χ3n) is 0.686. The predicted molar refractivity (Wildman–Crippen MR) is 36.6 cm³/mol. The molecule has 0 aromatic rings. The predicted octanol–water partition coefficient (Wildman–Crippen LogP) is -0.0622. The summed E-state index contributed by atoms with van der Waals surface area (Å²) in [6, 6.07) is 0.338. The van der Waals surface area contributed by atoms with Crippen LogP contribution in [0, 0.1) is 0 Å². The fraction of sp³-hybridized carbons (Fsp3) is 0.400. The third kappa shape index (κ3) is 2.71. The number of hydrogen-bond donors (Lipinski definition) is 1. The van der Waals surface area contributed by atoms with Gasteiger partial charge in [-0.2, -0.15) is 0 Å². The van der Waals surface area contributed by atoms with Crippen LogP contribution < -0.4 is 5.84 Å². The maximum absolute atomic E-state index is 5.26. The second kappa shape index (κ2) is 3.91. The first-order chi connectivity index (χ1) is 4.22. The van der Waals surface area contributed by atoms with E-state index in [1.807, 2.05) is 0 Å². The quantitative estimate of drug-likeness (QED) is 0.233. The van der Waals surface area contributed by atoms with Gasteiger partial charge in [0.15, 0.2) is 0 Å². The zero-order valence-corrected chi connectivity index (χ0v) is 5.66. The summed E-state index contributed by atoms with van der Waals surface area (Å²) in [5.41, 5.74) is 0. The number of aliphatic imine (C=N–C) groups is 1. The Balaban J connectivity index is 3.96. The molecule has 0 aliphatic carbocycles. The highest BCUT2D eigenvalue weighted by Gasteiger charge is 1.96. The third-order valence-corrected chi connectivity index (χ3v) is 0.686. The largest absolute Gasteiger partial charge is 0.467 e. The molecule has 0 rings (SSSR count). The van der Waals surface area contributed by atoms with Crippen LogP contribution >= 0.6 is 0 Å². The molecular formula is C5H11N3O. The number of hydrogen-bond acceptors (Lipinski definition) is 3. The van der Waals surface area contributed by atoms with Crippen LogP contribution in [-0.4, -0.2) is 25.2 Å². The Kier molecular flexibility index (Phi) is 3.46. The lowest BCUT2D eigenvalue weighted by Crippen LogP contribution is -2.34. The van der Waals surface area contributed by atoms with Crippen molar-refractivity contribution >= 4 is 6.02 Å². The minimum absolute atomic E-state index is 0.338. The maximum atomic E-state index is 5.26. The van der Waals surface area contributed by atoms with E-state index in [-0.39, 0.29) is 0 Å². The van der Waals surface area contributed by atoms with Crippen molar-refractivity contribution in [2.45, 2.75) is 0 Å². The van der Waals surface area contributed by atoms with Crippen LogP contribution in [0.4, 0.5) is 0 Å². The van der Waals surface area contributed by atoms with Crippen LogP contribution in [0.25, 0.3) is 0 Å². The van der Waals surface area contributed by atoms with Crippen molar-refractivity contribution in [3.8, 4) is 0 Å². The van der Waals surface area contributed by atoms with Gasteiger partial charge in [0.25, 0.3) is 0 Å². The Bertz CT molecular complexity index is 119. The van der Waals surface area contributed by atoms with Crippen molar-refractivity contribution in [2.24, 2.45) is 10.8 Å². The molecule has 4 nitrogen and oxygen atoms in total. The van der Waals surface area contributed by atoms with Gasteiger partial charge in [-0.05, 0) is 0 Å². The van der Waals surface area contributed by atoms with Gasteiger partial charge in [-0.1, -0.05) is 6.58 Å². The van der Waals surface area contributed by atoms with Crippen molar-refractivity contribution in [1.82, 2.24) is 5.01 Å². The highest BCUT2D eigenvalue weighted by Crippen LogP contribution is 1.81. The van der Waals surface area contributed by atoms with Crippen LogP contribution in [0.1, 0.15) is 0 Å².